The van der Waals surface area contributed by atoms with Gasteiger partial charge in [0.25, 0.3) is 0 Å². The first-order valence-corrected chi connectivity index (χ1v) is 6.23. The largest absolute Gasteiger partial charge is 0.399 e. The van der Waals surface area contributed by atoms with Gasteiger partial charge in [0.05, 0.1) is 0 Å². The van der Waals surface area contributed by atoms with E-state index in [9.17, 15) is 4.39 Å². The minimum Gasteiger partial charge on any atom is -0.399 e. The summed E-state index contributed by atoms with van der Waals surface area (Å²) in [5, 5.41) is 1.23. The molecule has 0 aliphatic rings. The first-order chi connectivity index (χ1) is 9.13. The van der Waals surface area contributed by atoms with Crippen molar-refractivity contribution in [2.75, 3.05) is 5.73 Å². The highest BCUT2D eigenvalue weighted by Gasteiger charge is 2.05. The Bertz CT molecular complexity index is 723. The molecule has 0 aliphatic heterocycles. The number of fused-ring (bicyclic) bond motifs is 1. The molecule has 0 unspecified atom stereocenters. The van der Waals surface area contributed by atoms with Gasteiger partial charge in [0.2, 0.25) is 0 Å². The van der Waals surface area contributed by atoms with E-state index in [1.807, 2.05) is 18.3 Å². The molecule has 3 heteroatoms. The summed E-state index contributed by atoms with van der Waals surface area (Å²) >= 11 is 0. The van der Waals surface area contributed by atoms with Crippen molar-refractivity contribution in [1.82, 2.24) is 4.57 Å². The van der Waals surface area contributed by atoms with Crippen molar-refractivity contribution in [3.05, 3.63) is 65.6 Å². The highest BCUT2D eigenvalue weighted by Crippen LogP contribution is 2.21. The summed E-state index contributed by atoms with van der Waals surface area (Å²) in [6.45, 7) is 2.71. The van der Waals surface area contributed by atoms with Gasteiger partial charge < -0.3 is 10.3 Å². The van der Waals surface area contributed by atoms with Gasteiger partial charge in [-0.25, -0.2) is 4.39 Å². The molecule has 0 bridgehead atoms. The van der Waals surface area contributed by atoms with Crippen LogP contribution in [0.2, 0.25) is 0 Å². The number of nitrogens with zero attached hydrogens (tertiary/aromatic N) is 1. The lowest BCUT2D eigenvalue weighted by Gasteiger charge is -2.07. The number of aromatic nitrogens is 1. The minimum absolute atomic E-state index is 0.289. The highest BCUT2D eigenvalue weighted by atomic mass is 19.1. The molecule has 2 aromatic carbocycles. The van der Waals surface area contributed by atoms with Crippen LogP contribution >= 0.6 is 0 Å². The van der Waals surface area contributed by atoms with Crippen molar-refractivity contribution in [2.24, 2.45) is 0 Å². The van der Waals surface area contributed by atoms with E-state index in [0.29, 0.717) is 12.2 Å². The Kier molecular flexibility index (Phi) is 2.75. The molecule has 1 aromatic heterocycles. The molecule has 96 valence electrons. The minimum atomic E-state index is -0.289. The van der Waals surface area contributed by atoms with Crippen LogP contribution in [0.25, 0.3) is 10.9 Å². The fraction of sp³-hybridized carbons (Fsp3) is 0.125. The van der Waals surface area contributed by atoms with Crippen LogP contribution in [0.3, 0.4) is 0 Å². The zero-order valence-corrected chi connectivity index (χ0v) is 10.7. The molecule has 0 aliphatic carbocycles. The van der Waals surface area contributed by atoms with Crippen LogP contribution < -0.4 is 5.73 Å². The molecule has 0 saturated carbocycles. The number of halogens is 1. The van der Waals surface area contributed by atoms with Crippen molar-refractivity contribution in [3.63, 3.8) is 0 Å². The standard InChI is InChI=1S/C16H15FN2/c1-11-3-2-4-16-15(11)5-6-19(16)10-12-7-13(17)9-14(18)8-12/h2-9H,10,18H2,1H3. The molecule has 19 heavy (non-hydrogen) atoms. The maximum atomic E-state index is 13.3. The number of benzene rings is 2. The Hall–Kier alpha value is -2.29. The Labute approximate surface area is 111 Å². The van der Waals surface area contributed by atoms with Crippen molar-refractivity contribution in [1.29, 1.82) is 0 Å². The Morgan fingerprint density at radius 2 is 2.00 bits per heavy atom. The SMILES string of the molecule is Cc1cccc2c1ccn2Cc1cc(N)cc(F)c1. The average Bonchev–Trinajstić information content (AvgIpc) is 2.73. The van der Waals surface area contributed by atoms with Gasteiger partial charge in [-0.3, -0.25) is 0 Å². The smallest absolute Gasteiger partial charge is 0.125 e. The topological polar surface area (TPSA) is 30.9 Å². The number of rotatable bonds is 2. The fourth-order valence-corrected chi connectivity index (χ4v) is 2.48. The molecule has 0 saturated heterocycles. The summed E-state index contributed by atoms with van der Waals surface area (Å²) in [6.07, 6.45) is 2.03. The molecular formula is C16H15FN2. The molecule has 0 radical (unpaired) electrons. The predicted molar refractivity (Wildman–Crippen MR) is 76.6 cm³/mol. The predicted octanol–water partition coefficient (Wildman–Crippen LogP) is 3.72. The van der Waals surface area contributed by atoms with Gasteiger partial charge in [-0.1, -0.05) is 12.1 Å². The van der Waals surface area contributed by atoms with Crippen LogP contribution in [0.4, 0.5) is 10.1 Å². The van der Waals surface area contributed by atoms with Gasteiger partial charge in [0.15, 0.2) is 0 Å². The monoisotopic (exact) mass is 254 g/mol. The van der Waals surface area contributed by atoms with Crippen LogP contribution in [-0.2, 0) is 6.54 Å². The van der Waals surface area contributed by atoms with Gasteiger partial charge in [0, 0.05) is 29.3 Å². The summed E-state index contributed by atoms with van der Waals surface area (Å²) in [5.74, 6) is -0.289. The highest BCUT2D eigenvalue weighted by molar-refractivity contribution is 5.83. The van der Waals surface area contributed by atoms with E-state index < -0.39 is 0 Å². The van der Waals surface area contributed by atoms with Crippen LogP contribution in [0.1, 0.15) is 11.1 Å². The lowest BCUT2D eigenvalue weighted by molar-refractivity contribution is 0.625. The lowest BCUT2D eigenvalue weighted by atomic mass is 10.1. The number of nitrogen functional groups attached to an aromatic ring is 1. The third kappa shape index (κ3) is 2.19. The summed E-state index contributed by atoms with van der Waals surface area (Å²) in [7, 11) is 0. The van der Waals surface area contributed by atoms with Crippen molar-refractivity contribution < 1.29 is 4.39 Å². The first-order valence-electron chi connectivity index (χ1n) is 6.23. The van der Waals surface area contributed by atoms with E-state index in [2.05, 4.69) is 29.7 Å². The molecule has 0 amide bonds. The van der Waals surface area contributed by atoms with Gasteiger partial charge >= 0.3 is 0 Å². The molecular weight excluding hydrogens is 239 g/mol. The Morgan fingerprint density at radius 1 is 1.16 bits per heavy atom. The zero-order chi connectivity index (χ0) is 13.4. The second-order valence-corrected chi connectivity index (χ2v) is 4.84. The molecule has 3 aromatic rings. The first kappa shape index (κ1) is 11.8. The molecule has 0 spiro atoms. The second-order valence-electron chi connectivity index (χ2n) is 4.84. The molecule has 1 heterocycles. The maximum Gasteiger partial charge on any atom is 0.125 e. The molecule has 0 fully saturated rings. The van der Waals surface area contributed by atoms with Crippen LogP contribution in [0.5, 0.6) is 0 Å². The third-order valence-electron chi connectivity index (χ3n) is 3.36. The van der Waals surface area contributed by atoms with E-state index in [1.165, 1.54) is 23.1 Å². The summed E-state index contributed by atoms with van der Waals surface area (Å²) in [5.41, 5.74) is 9.41. The molecule has 2 N–H and O–H groups in total. The van der Waals surface area contributed by atoms with E-state index in [4.69, 9.17) is 5.73 Å². The summed E-state index contributed by atoms with van der Waals surface area (Å²) in [6, 6.07) is 13.0. The van der Waals surface area contributed by atoms with E-state index in [1.54, 1.807) is 0 Å². The Morgan fingerprint density at radius 3 is 2.79 bits per heavy atom. The average molecular weight is 254 g/mol. The van der Waals surface area contributed by atoms with Crippen molar-refractivity contribution in [2.45, 2.75) is 13.5 Å². The van der Waals surface area contributed by atoms with E-state index in [-0.39, 0.29) is 5.82 Å². The number of hydrogen-bond acceptors (Lipinski definition) is 1. The fourth-order valence-electron chi connectivity index (χ4n) is 2.48. The lowest BCUT2D eigenvalue weighted by Crippen LogP contribution is -1.99. The molecule has 3 rings (SSSR count). The third-order valence-corrected chi connectivity index (χ3v) is 3.36. The van der Waals surface area contributed by atoms with Crippen molar-refractivity contribution in [3.8, 4) is 0 Å². The van der Waals surface area contributed by atoms with Crippen molar-refractivity contribution >= 4 is 16.6 Å². The number of anilines is 1. The summed E-state index contributed by atoms with van der Waals surface area (Å²) < 4.78 is 15.5. The van der Waals surface area contributed by atoms with E-state index in [0.717, 1.165) is 11.1 Å². The molecule has 2 nitrogen and oxygen atoms in total. The maximum absolute atomic E-state index is 13.3. The summed E-state index contributed by atoms with van der Waals surface area (Å²) in [4.78, 5) is 0. The molecule has 0 atom stereocenters. The van der Waals surface area contributed by atoms with Gasteiger partial charge in [-0.05, 0) is 48.4 Å². The van der Waals surface area contributed by atoms with Crippen LogP contribution in [0, 0.1) is 12.7 Å². The Balaban J connectivity index is 2.04. The quantitative estimate of drug-likeness (QED) is 0.694. The zero-order valence-electron chi connectivity index (χ0n) is 10.7. The number of nitrogens with two attached hydrogens (primary N) is 1. The van der Waals surface area contributed by atoms with Crippen LogP contribution in [0.15, 0.2) is 48.7 Å². The normalized spacial score (nSPS) is 11.1. The van der Waals surface area contributed by atoms with Gasteiger partial charge in [0.1, 0.15) is 5.82 Å². The number of hydrogen-bond donors (Lipinski definition) is 1. The van der Waals surface area contributed by atoms with Gasteiger partial charge in [-0.15, -0.1) is 0 Å². The van der Waals surface area contributed by atoms with Gasteiger partial charge in [-0.2, -0.15) is 0 Å². The van der Waals surface area contributed by atoms with E-state index >= 15 is 0 Å². The second kappa shape index (κ2) is 4.43. The number of aryl methyl sites for hydroxylation is 1. The van der Waals surface area contributed by atoms with Crippen LogP contribution in [-0.4, -0.2) is 4.57 Å².